The van der Waals surface area contributed by atoms with E-state index in [0.717, 1.165) is 24.2 Å². The molecule has 1 aliphatic rings. The third-order valence-corrected chi connectivity index (χ3v) is 2.90. The van der Waals surface area contributed by atoms with E-state index >= 15 is 0 Å². The summed E-state index contributed by atoms with van der Waals surface area (Å²) in [5.74, 6) is 0.920. The molecule has 0 fully saturated rings. The minimum atomic E-state index is 0.392. The minimum Gasteiger partial charge on any atom is -0.368 e. The van der Waals surface area contributed by atoms with E-state index < -0.39 is 0 Å². The third kappa shape index (κ3) is 1.39. The maximum absolute atomic E-state index is 5.61. The molecule has 1 heterocycles. The third-order valence-electron chi connectivity index (χ3n) is 2.90. The molecule has 2 N–H and O–H groups in total. The van der Waals surface area contributed by atoms with Gasteiger partial charge in [0, 0.05) is 5.69 Å². The van der Waals surface area contributed by atoms with Crippen LogP contribution < -0.4 is 5.73 Å². The average molecular weight is 189 g/mol. The van der Waals surface area contributed by atoms with Crippen LogP contribution in [0.1, 0.15) is 23.9 Å². The summed E-state index contributed by atoms with van der Waals surface area (Å²) in [6, 6.07) is 0. The van der Waals surface area contributed by atoms with Crippen LogP contribution in [0.15, 0.2) is 12.2 Å². The summed E-state index contributed by atoms with van der Waals surface area (Å²) in [6.45, 7) is 8.06. The fourth-order valence-corrected chi connectivity index (χ4v) is 2.01. The monoisotopic (exact) mass is 189 g/mol. The topological polar surface area (TPSA) is 51.8 Å². The predicted molar refractivity (Wildman–Crippen MR) is 56.9 cm³/mol. The number of hydrogen-bond donors (Lipinski definition) is 1. The summed E-state index contributed by atoms with van der Waals surface area (Å²) in [4.78, 5) is 8.45. The van der Waals surface area contributed by atoms with Crippen molar-refractivity contribution in [3.8, 4) is 0 Å². The zero-order valence-electron chi connectivity index (χ0n) is 8.67. The number of nitrogens with two attached hydrogens (primary N) is 1. The molecule has 0 saturated carbocycles. The maximum Gasteiger partial charge on any atom is 0.220 e. The molecule has 1 aromatic rings. The van der Waals surface area contributed by atoms with E-state index in [4.69, 9.17) is 5.73 Å². The van der Waals surface area contributed by atoms with Gasteiger partial charge in [0.1, 0.15) is 0 Å². The van der Waals surface area contributed by atoms with Gasteiger partial charge in [-0.2, -0.15) is 0 Å². The van der Waals surface area contributed by atoms with Crippen molar-refractivity contribution in [2.24, 2.45) is 5.92 Å². The Morgan fingerprint density at radius 1 is 1.43 bits per heavy atom. The molecule has 3 nitrogen and oxygen atoms in total. The molecule has 0 spiro atoms. The largest absolute Gasteiger partial charge is 0.368 e. The zero-order valence-corrected chi connectivity index (χ0v) is 8.67. The zero-order chi connectivity index (χ0) is 10.3. The molecule has 0 bridgehead atoms. The number of nitrogen functional groups attached to an aromatic ring is 1. The van der Waals surface area contributed by atoms with Crippen molar-refractivity contribution in [3.63, 3.8) is 0 Å². The van der Waals surface area contributed by atoms with Crippen LogP contribution in [0.4, 0.5) is 5.95 Å². The first-order chi connectivity index (χ1) is 6.58. The molecule has 1 aliphatic carbocycles. The molecule has 3 heteroatoms. The standard InChI is InChI=1S/C11H15N3/c1-6(2)8-4-9-7(3)13-11(12)14-10(9)5-8/h8H,1,4-5H2,2-3H3,(H2,12,13,14)/t8-/m0/s1. The van der Waals surface area contributed by atoms with Gasteiger partial charge < -0.3 is 5.73 Å². The number of allylic oxidation sites excluding steroid dienone is 1. The van der Waals surface area contributed by atoms with Crippen LogP contribution in [0, 0.1) is 12.8 Å². The van der Waals surface area contributed by atoms with Crippen molar-refractivity contribution < 1.29 is 0 Å². The molecule has 14 heavy (non-hydrogen) atoms. The van der Waals surface area contributed by atoms with Crippen LogP contribution in [-0.2, 0) is 12.8 Å². The molecule has 1 aromatic heterocycles. The van der Waals surface area contributed by atoms with Crippen LogP contribution in [0.5, 0.6) is 0 Å². The number of rotatable bonds is 1. The fraction of sp³-hybridized carbons (Fsp3) is 0.455. The molecule has 0 aliphatic heterocycles. The number of aromatic nitrogens is 2. The van der Waals surface area contributed by atoms with Crippen molar-refractivity contribution in [1.82, 2.24) is 9.97 Å². The van der Waals surface area contributed by atoms with Crippen LogP contribution in [0.2, 0.25) is 0 Å². The van der Waals surface area contributed by atoms with Gasteiger partial charge in [0.15, 0.2) is 0 Å². The van der Waals surface area contributed by atoms with Crippen molar-refractivity contribution >= 4 is 5.95 Å². The van der Waals surface area contributed by atoms with Crippen LogP contribution in [0.3, 0.4) is 0 Å². The molecular weight excluding hydrogens is 174 g/mol. The number of aryl methyl sites for hydroxylation is 1. The second kappa shape index (κ2) is 3.08. The molecule has 0 saturated heterocycles. The van der Waals surface area contributed by atoms with Gasteiger partial charge in [0.25, 0.3) is 0 Å². The number of fused-ring (bicyclic) bond motifs is 1. The highest BCUT2D eigenvalue weighted by atomic mass is 15.0. The lowest BCUT2D eigenvalue weighted by molar-refractivity contribution is 0.656. The average Bonchev–Trinajstić information content (AvgIpc) is 2.47. The summed E-state index contributed by atoms with van der Waals surface area (Å²) in [6.07, 6.45) is 2.00. The van der Waals surface area contributed by atoms with Crippen molar-refractivity contribution in [2.45, 2.75) is 26.7 Å². The lowest BCUT2D eigenvalue weighted by atomic mass is 9.99. The lowest BCUT2D eigenvalue weighted by Crippen LogP contribution is -2.02. The van der Waals surface area contributed by atoms with Gasteiger partial charge in [-0.25, -0.2) is 9.97 Å². The highest BCUT2D eigenvalue weighted by Crippen LogP contribution is 2.31. The Morgan fingerprint density at radius 3 is 2.79 bits per heavy atom. The Morgan fingerprint density at radius 2 is 2.14 bits per heavy atom. The van der Waals surface area contributed by atoms with Gasteiger partial charge in [-0.15, -0.1) is 0 Å². The van der Waals surface area contributed by atoms with Crippen molar-refractivity contribution in [3.05, 3.63) is 29.1 Å². The number of anilines is 1. The van der Waals surface area contributed by atoms with E-state index in [9.17, 15) is 0 Å². The summed E-state index contributed by atoms with van der Waals surface area (Å²) in [5, 5.41) is 0. The van der Waals surface area contributed by atoms with E-state index in [-0.39, 0.29) is 0 Å². The van der Waals surface area contributed by atoms with Gasteiger partial charge in [-0.3, -0.25) is 0 Å². The van der Waals surface area contributed by atoms with E-state index in [1.807, 2.05) is 6.92 Å². The maximum atomic E-state index is 5.61. The van der Waals surface area contributed by atoms with Crippen molar-refractivity contribution in [1.29, 1.82) is 0 Å². The molecular formula is C11H15N3. The molecule has 0 amide bonds. The molecule has 74 valence electrons. The van der Waals surface area contributed by atoms with Gasteiger partial charge in [0.05, 0.1) is 5.69 Å². The first-order valence-electron chi connectivity index (χ1n) is 4.85. The van der Waals surface area contributed by atoms with Gasteiger partial charge >= 0.3 is 0 Å². The Kier molecular flexibility index (Phi) is 2.02. The highest BCUT2D eigenvalue weighted by molar-refractivity contribution is 5.36. The predicted octanol–water partition coefficient (Wildman–Crippen LogP) is 1.66. The summed E-state index contributed by atoms with van der Waals surface area (Å²) in [7, 11) is 0. The Bertz CT molecular complexity index is 396. The second-order valence-electron chi connectivity index (χ2n) is 4.04. The SMILES string of the molecule is C=C(C)[C@@H]1Cc2nc(N)nc(C)c2C1. The molecule has 2 rings (SSSR count). The molecule has 0 radical (unpaired) electrons. The van der Waals surface area contributed by atoms with Crippen LogP contribution >= 0.6 is 0 Å². The van der Waals surface area contributed by atoms with Crippen LogP contribution in [-0.4, -0.2) is 9.97 Å². The number of nitrogens with zero attached hydrogens (tertiary/aromatic N) is 2. The minimum absolute atomic E-state index is 0.392. The second-order valence-corrected chi connectivity index (χ2v) is 4.04. The Labute approximate surface area is 84.1 Å². The van der Waals surface area contributed by atoms with Gasteiger partial charge in [-0.05, 0) is 38.2 Å². The first-order valence-corrected chi connectivity index (χ1v) is 4.85. The normalized spacial score (nSPS) is 19.4. The molecule has 0 aromatic carbocycles. The first kappa shape index (κ1) is 9.19. The van der Waals surface area contributed by atoms with Gasteiger partial charge in [0.2, 0.25) is 5.95 Å². The van der Waals surface area contributed by atoms with Crippen molar-refractivity contribution in [2.75, 3.05) is 5.73 Å². The quantitative estimate of drug-likeness (QED) is 0.683. The molecule has 1 atom stereocenters. The Balaban J connectivity index is 2.39. The van der Waals surface area contributed by atoms with E-state index in [0.29, 0.717) is 11.9 Å². The van der Waals surface area contributed by atoms with Gasteiger partial charge in [-0.1, -0.05) is 12.2 Å². The summed E-state index contributed by atoms with van der Waals surface area (Å²) in [5.41, 5.74) is 10.2. The van der Waals surface area contributed by atoms with E-state index in [1.54, 1.807) is 0 Å². The molecule has 0 unspecified atom stereocenters. The lowest BCUT2D eigenvalue weighted by Gasteiger charge is -2.05. The summed E-state index contributed by atoms with van der Waals surface area (Å²) < 4.78 is 0. The smallest absolute Gasteiger partial charge is 0.220 e. The van der Waals surface area contributed by atoms with Crippen LogP contribution in [0.25, 0.3) is 0 Å². The summed E-state index contributed by atoms with van der Waals surface area (Å²) >= 11 is 0. The Hall–Kier alpha value is -1.38. The van der Waals surface area contributed by atoms with E-state index in [2.05, 4.69) is 23.5 Å². The fourth-order valence-electron chi connectivity index (χ4n) is 2.01. The highest BCUT2D eigenvalue weighted by Gasteiger charge is 2.25. The van der Waals surface area contributed by atoms with E-state index in [1.165, 1.54) is 11.1 Å². The number of hydrogen-bond acceptors (Lipinski definition) is 3.